The van der Waals surface area contributed by atoms with Gasteiger partial charge in [0.1, 0.15) is 11.4 Å². The molecular weight excluding hydrogens is 408 g/mol. The topological polar surface area (TPSA) is 134 Å². The molecule has 154 valence electrons. The molecular formula is C20H18N4O5S. The number of phenols is 1. The molecule has 0 fully saturated rings. The Balaban J connectivity index is 1.87. The van der Waals surface area contributed by atoms with Crippen molar-refractivity contribution in [2.75, 3.05) is 10.1 Å². The van der Waals surface area contributed by atoms with Crippen LogP contribution in [0.15, 0.2) is 82.8 Å². The molecule has 3 aromatic carbocycles. The minimum Gasteiger partial charge on any atom is -0.508 e. The van der Waals surface area contributed by atoms with Crippen LogP contribution in [0.25, 0.3) is 0 Å². The highest BCUT2D eigenvalue weighted by atomic mass is 32.2. The third kappa shape index (κ3) is 4.92. The number of nitrogens with zero attached hydrogens (tertiary/aromatic N) is 2. The van der Waals surface area contributed by atoms with Gasteiger partial charge in [-0.15, -0.1) is 0 Å². The predicted molar refractivity (Wildman–Crippen MR) is 114 cm³/mol. The lowest BCUT2D eigenvalue weighted by Gasteiger charge is -2.10. The SMILES string of the molecule is CC(=NNc1ccc(S(=O)(=O)Nc2ccccc2)cc1[N+](=O)[O-])c1ccc(O)cc1. The molecule has 0 atom stereocenters. The van der Waals surface area contributed by atoms with Gasteiger partial charge >= 0.3 is 0 Å². The zero-order valence-corrected chi connectivity index (χ0v) is 16.6. The van der Waals surface area contributed by atoms with Crippen molar-refractivity contribution in [3.63, 3.8) is 0 Å². The van der Waals surface area contributed by atoms with E-state index in [1.54, 1.807) is 49.4 Å². The minimum atomic E-state index is -4.01. The number of nitro groups is 1. The molecule has 0 amide bonds. The number of benzene rings is 3. The number of anilines is 2. The van der Waals surface area contributed by atoms with E-state index in [-0.39, 0.29) is 16.3 Å². The van der Waals surface area contributed by atoms with Crippen molar-refractivity contribution in [3.05, 3.63) is 88.5 Å². The van der Waals surface area contributed by atoms with Gasteiger partial charge in [-0.05, 0) is 61.0 Å². The number of hydrogen-bond donors (Lipinski definition) is 3. The molecule has 0 aliphatic heterocycles. The van der Waals surface area contributed by atoms with Crippen molar-refractivity contribution in [2.24, 2.45) is 5.10 Å². The maximum atomic E-state index is 12.6. The molecule has 0 aromatic heterocycles. The van der Waals surface area contributed by atoms with Crippen molar-refractivity contribution in [1.29, 1.82) is 0 Å². The van der Waals surface area contributed by atoms with Gasteiger partial charge in [0.2, 0.25) is 0 Å². The minimum absolute atomic E-state index is 0.0387. The van der Waals surface area contributed by atoms with Crippen LogP contribution in [-0.4, -0.2) is 24.2 Å². The first kappa shape index (κ1) is 20.8. The van der Waals surface area contributed by atoms with Crippen LogP contribution in [0.3, 0.4) is 0 Å². The molecule has 0 saturated carbocycles. The number of phenolic OH excluding ortho intramolecular Hbond substituents is 1. The molecule has 30 heavy (non-hydrogen) atoms. The molecule has 3 aromatic rings. The Morgan fingerprint density at radius 1 is 1.03 bits per heavy atom. The third-order valence-electron chi connectivity index (χ3n) is 4.13. The molecule has 9 nitrogen and oxygen atoms in total. The van der Waals surface area contributed by atoms with E-state index in [9.17, 15) is 23.6 Å². The van der Waals surface area contributed by atoms with Gasteiger partial charge in [0.05, 0.1) is 15.5 Å². The molecule has 0 spiro atoms. The Kier molecular flexibility index (Phi) is 5.98. The first-order valence-corrected chi connectivity index (χ1v) is 10.2. The van der Waals surface area contributed by atoms with Gasteiger partial charge in [-0.3, -0.25) is 20.3 Å². The largest absolute Gasteiger partial charge is 0.508 e. The highest BCUT2D eigenvalue weighted by molar-refractivity contribution is 7.92. The Morgan fingerprint density at radius 2 is 1.70 bits per heavy atom. The van der Waals surface area contributed by atoms with E-state index < -0.39 is 20.6 Å². The van der Waals surface area contributed by atoms with E-state index in [2.05, 4.69) is 15.2 Å². The number of aromatic hydroxyl groups is 1. The summed E-state index contributed by atoms with van der Waals surface area (Å²) in [7, 11) is -4.01. The fraction of sp³-hybridized carbons (Fsp3) is 0.0500. The standard InChI is InChI=1S/C20H18N4O5S/c1-14(15-7-9-17(25)10-8-15)21-22-19-12-11-18(13-20(19)24(26)27)30(28,29)23-16-5-3-2-4-6-16/h2-13,22-23,25H,1H3. The van der Waals surface area contributed by atoms with E-state index in [0.717, 1.165) is 6.07 Å². The fourth-order valence-corrected chi connectivity index (χ4v) is 3.63. The second-order valence-electron chi connectivity index (χ2n) is 6.26. The van der Waals surface area contributed by atoms with Crippen molar-refractivity contribution in [1.82, 2.24) is 0 Å². The normalized spacial score (nSPS) is 11.7. The Hall–Kier alpha value is -3.92. The highest BCUT2D eigenvalue weighted by Crippen LogP contribution is 2.28. The summed E-state index contributed by atoms with van der Waals surface area (Å²) in [6.07, 6.45) is 0. The van der Waals surface area contributed by atoms with Gasteiger partial charge in [-0.2, -0.15) is 5.10 Å². The summed E-state index contributed by atoms with van der Waals surface area (Å²) in [5.74, 6) is 0.107. The maximum Gasteiger partial charge on any atom is 0.295 e. The molecule has 3 N–H and O–H groups in total. The van der Waals surface area contributed by atoms with Crippen molar-refractivity contribution >= 4 is 32.8 Å². The number of nitrogens with one attached hydrogen (secondary N) is 2. The molecule has 0 aliphatic rings. The van der Waals surface area contributed by atoms with E-state index in [1.165, 1.54) is 24.3 Å². The lowest BCUT2D eigenvalue weighted by atomic mass is 10.1. The lowest BCUT2D eigenvalue weighted by molar-refractivity contribution is -0.384. The van der Waals surface area contributed by atoms with Gasteiger partial charge in [-0.25, -0.2) is 8.42 Å². The fourth-order valence-electron chi connectivity index (χ4n) is 2.56. The molecule has 0 unspecified atom stereocenters. The second kappa shape index (κ2) is 8.62. The lowest BCUT2D eigenvalue weighted by Crippen LogP contribution is -2.13. The number of rotatable bonds is 7. The van der Waals surface area contributed by atoms with E-state index in [0.29, 0.717) is 17.0 Å². The molecule has 10 heteroatoms. The highest BCUT2D eigenvalue weighted by Gasteiger charge is 2.21. The summed E-state index contributed by atoms with van der Waals surface area (Å²) in [6, 6.07) is 18.0. The van der Waals surface area contributed by atoms with E-state index in [1.807, 2.05) is 0 Å². The van der Waals surface area contributed by atoms with Crippen molar-refractivity contribution < 1.29 is 18.4 Å². The number of sulfonamides is 1. The van der Waals surface area contributed by atoms with Gasteiger partial charge in [0.15, 0.2) is 0 Å². The summed E-state index contributed by atoms with van der Waals surface area (Å²) < 4.78 is 27.5. The number of hydrogen-bond acceptors (Lipinski definition) is 7. The average molecular weight is 426 g/mol. The smallest absolute Gasteiger partial charge is 0.295 e. The second-order valence-corrected chi connectivity index (χ2v) is 7.95. The van der Waals surface area contributed by atoms with Gasteiger partial charge in [0, 0.05) is 11.8 Å². The van der Waals surface area contributed by atoms with Crippen LogP contribution in [0, 0.1) is 10.1 Å². The number of nitro benzene ring substituents is 1. The quantitative estimate of drug-likeness (QED) is 0.298. The maximum absolute atomic E-state index is 12.6. The van der Waals surface area contributed by atoms with Crippen molar-refractivity contribution in [2.45, 2.75) is 11.8 Å². The molecule has 0 heterocycles. The van der Waals surface area contributed by atoms with Crippen LogP contribution in [0.1, 0.15) is 12.5 Å². The van der Waals surface area contributed by atoms with Crippen LogP contribution >= 0.6 is 0 Å². The van der Waals surface area contributed by atoms with Crippen LogP contribution in [0.4, 0.5) is 17.1 Å². The Bertz CT molecular complexity index is 1190. The zero-order chi connectivity index (χ0) is 21.7. The summed E-state index contributed by atoms with van der Waals surface area (Å²) >= 11 is 0. The van der Waals surface area contributed by atoms with Gasteiger partial charge < -0.3 is 5.11 Å². The zero-order valence-electron chi connectivity index (χ0n) is 15.8. The van der Waals surface area contributed by atoms with Gasteiger partial charge in [0.25, 0.3) is 15.7 Å². The van der Waals surface area contributed by atoms with Gasteiger partial charge in [-0.1, -0.05) is 18.2 Å². The first-order valence-electron chi connectivity index (χ1n) is 8.72. The predicted octanol–water partition coefficient (Wildman–Crippen LogP) is 3.94. The summed E-state index contributed by atoms with van der Waals surface area (Å²) in [5.41, 5.74) is 3.77. The Labute approximate surface area is 172 Å². The molecule has 3 rings (SSSR count). The van der Waals surface area contributed by atoms with E-state index in [4.69, 9.17) is 0 Å². The van der Waals surface area contributed by atoms with Crippen LogP contribution < -0.4 is 10.1 Å². The van der Waals surface area contributed by atoms with Crippen LogP contribution in [0.2, 0.25) is 0 Å². The number of hydrazone groups is 1. The summed E-state index contributed by atoms with van der Waals surface area (Å²) in [5, 5.41) is 24.9. The first-order chi connectivity index (χ1) is 14.3. The molecule has 0 aliphatic carbocycles. The summed E-state index contributed by atoms with van der Waals surface area (Å²) in [4.78, 5) is 10.6. The Morgan fingerprint density at radius 3 is 2.33 bits per heavy atom. The average Bonchev–Trinajstić information content (AvgIpc) is 2.72. The van der Waals surface area contributed by atoms with Crippen molar-refractivity contribution in [3.8, 4) is 5.75 Å². The molecule has 0 bridgehead atoms. The molecule has 0 saturated heterocycles. The van der Waals surface area contributed by atoms with Crippen LogP contribution in [0.5, 0.6) is 5.75 Å². The summed E-state index contributed by atoms with van der Waals surface area (Å²) in [6.45, 7) is 1.69. The monoisotopic (exact) mass is 426 g/mol. The number of para-hydroxylation sites is 1. The molecule has 0 radical (unpaired) electrons. The van der Waals surface area contributed by atoms with E-state index >= 15 is 0 Å². The third-order valence-corrected chi connectivity index (χ3v) is 5.51. The van der Waals surface area contributed by atoms with Crippen LogP contribution in [-0.2, 0) is 10.0 Å².